The molecule has 34 heavy (non-hydrogen) atoms. The number of aryl methyl sites for hydroxylation is 1. The highest BCUT2D eigenvalue weighted by atomic mass is 19.3. The molecule has 2 aliphatic rings. The van der Waals surface area contributed by atoms with Crippen LogP contribution in [0.4, 0.5) is 8.78 Å². The maximum Gasteiger partial charge on any atom is 0.345 e. The number of nitrogens with one attached hydrogen (secondary N) is 1. The highest BCUT2D eigenvalue weighted by Crippen LogP contribution is 2.50. The topological polar surface area (TPSA) is 71.6 Å². The predicted molar refractivity (Wildman–Crippen MR) is 125 cm³/mol. The summed E-state index contributed by atoms with van der Waals surface area (Å²) in [5.74, 6) is 0.136. The zero-order valence-electron chi connectivity index (χ0n) is 19.3. The van der Waals surface area contributed by atoms with Gasteiger partial charge in [0.25, 0.3) is 0 Å². The Morgan fingerprint density at radius 2 is 1.91 bits per heavy atom. The zero-order chi connectivity index (χ0) is 24.0. The Hall–Kier alpha value is -2.93. The third-order valence-electron chi connectivity index (χ3n) is 7.32. The number of ether oxygens (including phenoxy) is 2. The number of H-pyrrole nitrogens is 1. The van der Waals surface area contributed by atoms with Crippen LogP contribution in [-0.4, -0.2) is 34.4 Å². The maximum atomic E-state index is 13.2. The van der Waals surface area contributed by atoms with Gasteiger partial charge in [-0.3, -0.25) is 0 Å². The molecule has 0 unspecified atom stereocenters. The highest BCUT2D eigenvalue weighted by molar-refractivity contribution is 5.90. The van der Waals surface area contributed by atoms with E-state index < -0.39 is 18.2 Å². The van der Waals surface area contributed by atoms with E-state index in [1.807, 2.05) is 12.3 Å². The second-order valence-electron chi connectivity index (χ2n) is 9.91. The molecule has 0 bridgehead atoms. The van der Waals surface area contributed by atoms with E-state index in [1.54, 1.807) is 31.2 Å². The van der Waals surface area contributed by atoms with Gasteiger partial charge < -0.3 is 19.6 Å². The van der Waals surface area contributed by atoms with Crippen LogP contribution in [0.2, 0.25) is 0 Å². The number of alkyl halides is 2. The molecular formula is C27H29F2NO4. The molecule has 0 amide bonds. The minimum atomic E-state index is -2.85. The number of halogens is 2. The van der Waals surface area contributed by atoms with Crippen LogP contribution in [0.15, 0.2) is 42.6 Å². The van der Waals surface area contributed by atoms with Crippen LogP contribution in [0.3, 0.4) is 0 Å². The van der Waals surface area contributed by atoms with Crippen molar-refractivity contribution in [2.75, 3.05) is 0 Å². The number of benzene rings is 2. The number of fused-ring (bicyclic) bond motifs is 1. The van der Waals surface area contributed by atoms with E-state index in [4.69, 9.17) is 9.47 Å². The molecule has 2 aliphatic carbocycles. The van der Waals surface area contributed by atoms with Gasteiger partial charge in [0.2, 0.25) is 0 Å². The summed E-state index contributed by atoms with van der Waals surface area (Å²) in [7, 11) is 0. The SMILES string of the molecule is Cc1cc(C2CC2)c(O[C@@H]2CC[C@](C)(OC(F)F)C[C@H]2c2ccc(C(=O)O)cc2)c2cc[nH]c12. The van der Waals surface area contributed by atoms with Crippen molar-refractivity contribution >= 4 is 16.9 Å². The van der Waals surface area contributed by atoms with Gasteiger partial charge >= 0.3 is 12.6 Å². The van der Waals surface area contributed by atoms with Gasteiger partial charge in [0.15, 0.2) is 0 Å². The number of carboxylic acid groups (broad SMARTS) is 1. The molecule has 0 saturated heterocycles. The van der Waals surface area contributed by atoms with Gasteiger partial charge in [0, 0.05) is 17.5 Å². The molecule has 1 heterocycles. The average Bonchev–Trinajstić information content (AvgIpc) is 3.51. The van der Waals surface area contributed by atoms with Crippen LogP contribution in [0.5, 0.6) is 5.75 Å². The Balaban J connectivity index is 1.52. The van der Waals surface area contributed by atoms with Gasteiger partial charge in [-0.1, -0.05) is 18.2 Å². The molecule has 0 spiro atoms. The molecule has 3 atom stereocenters. The summed E-state index contributed by atoms with van der Waals surface area (Å²) >= 11 is 0. The van der Waals surface area contributed by atoms with Gasteiger partial charge in [-0.2, -0.15) is 8.78 Å². The first-order valence-corrected chi connectivity index (χ1v) is 11.8. The molecule has 0 radical (unpaired) electrons. The van der Waals surface area contributed by atoms with Crippen LogP contribution in [0, 0.1) is 6.92 Å². The lowest BCUT2D eigenvalue weighted by Crippen LogP contribution is -2.43. The predicted octanol–water partition coefficient (Wildman–Crippen LogP) is 6.76. The minimum absolute atomic E-state index is 0.187. The van der Waals surface area contributed by atoms with Crippen molar-refractivity contribution in [3.63, 3.8) is 0 Å². The number of rotatable bonds is 7. The Labute approximate surface area is 197 Å². The van der Waals surface area contributed by atoms with Gasteiger partial charge in [-0.25, -0.2) is 4.79 Å². The smallest absolute Gasteiger partial charge is 0.345 e. The number of carboxylic acids is 1. The first-order valence-electron chi connectivity index (χ1n) is 11.8. The maximum absolute atomic E-state index is 13.2. The van der Waals surface area contributed by atoms with Crippen molar-refractivity contribution in [2.24, 2.45) is 0 Å². The summed E-state index contributed by atoms with van der Waals surface area (Å²) < 4.78 is 38.2. The van der Waals surface area contributed by atoms with Crippen LogP contribution < -0.4 is 4.74 Å². The fourth-order valence-electron chi connectivity index (χ4n) is 5.41. The fourth-order valence-corrected chi connectivity index (χ4v) is 5.41. The summed E-state index contributed by atoms with van der Waals surface area (Å²) in [5, 5.41) is 10.3. The van der Waals surface area contributed by atoms with E-state index >= 15 is 0 Å². The lowest BCUT2D eigenvalue weighted by Gasteiger charge is -2.42. The third-order valence-corrected chi connectivity index (χ3v) is 7.32. The van der Waals surface area contributed by atoms with Crippen molar-refractivity contribution in [3.8, 4) is 5.75 Å². The van der Waals surface area contributed by atoms with Crippen molar-refractivity contribution in [1.29, 1.82) is 0 Å². The third kappa shape index (κ3) is 4.41. The van der Waals surface area contributed by atoms with Crippen molar-refractivity contribution in [3.05, 3.63) is 64.8 Å². The molecule has 3 aromatic rings. The molecule has 0 aliphatic heterocycles. The molecule has 5 nitrogen and oxygen atoms in total. The summed E-state index contributed by atoms with van der Waals surface area (Å²) in [6.07, 6.45) is 5.30. The highest BCUT2D eigenvalue weighted by Gasteiger charge is 2.43. The van der Waals surface area contributed by atoms with Gasteiger partial charge in [-0.05, 0) is 86.8 Å². The van der Waals surface area contributed by atoms with E-state index in [0.29, 0.717) is 25.2 Å². The molecule has 2 saturated carbocycles. The van der Waals surface area contributed by atoms with Gasteiger partial charge in [0.1, 0.15) is 11.9 Å². The van der Waals surface area contributed by atoms with E-state index in [1.165, 1.54) is 11.1 Å². The zero-order valence-corrected chi connectivity index (χ0v) is 19.3. The first-order chi connectivity index (χ1) is 16.2. The van der Waals surface area contributed by atoms with Crippen molar-refractivity contribution < 1.29 is 28.2 Å². The second kappa shape index (κ2) is 8.69. The lowest BCUT2D eigenvalue weighted by atomic mass is 9.74. The monoisotopic (exact) mass is 469 g/mol. The number of carbonyl (C=O) groups is 1. The van der Waals surface area contributed by atoms with Gasteiger partial charge in [-0.15, -0.1) is 0 Å². The molecule has 1 aromatic heterocycles. The lowest BCUT2D eigenvalue weighted by molar-refractivity contribution is -0.218. The van der Waals surface area contributed by atoms with Crippen LogP contribution in [-0.2, 0) is 4.74 Å². The largest absolute Gasteiger partial charge is 0.489 e. The van der Waals surface area contributed by atoms with E-state index in [-0.39, 0.29) is 17.6 Å². The Morgan fingerprint density at radius 1 is 1.18 bits per heavy atom. The Morgan fingerprint density at radius 3 is 2.56 bits per heavy atom. The number of aromatic nitrogens is 1. The van der Waals surface area contributed by atoms with E-state index in [2.05, 4.69) is 18.0 Å². The quantitative estimate of drug-likeness (QED) is 0.401. The number of hydrogen-bond donors (Lipinski definition) is 2. The summed E-state index contributed by atoms with van der Waals surface area (Å²) in [6, 6.07) is 10.9. The number of aromatic carboxylic acids is 1. The van der Waals surface area contributed by atoms with Crippen LogP contribution in [0.1, 0.15) is 77.9 Å². The van der Waals surface area contributed by atoms with E-state index in [9.17, 15) is 18.7 Å². The molecule has 2 fully saturated rings. The Kier molecular flexibility index (Phi) is 5.84. The summed E-state index contributed by atoms with van der Waals surface area (Å²) in [6.45, 7) is 0.963. The number of hydrogen-bond acceptors (Lipinski definition) is 3. The van der Waals surface area contributed by atoms with Crippen molar-refractivity contribution in [2.45, 2.75) is 76.1 Å². The standard InChI is InChI=1S/C27H29F2NO4/c1-15-13-20(16-3-4-16)24(19-10-12-30-23(15)19)33-22-9-11-27(2,34-26(28)29)14-21(22)17-5-7-18(8-6-17)25(31)32/h5-8,10,12-13,16,21-22,26,30H,3-4,9,11,14H2,1-2H3,(H,31,32)/t21-,22+,27-/m0/s1. The first kappa shape index (κ1) is 22.8. The van der Waals surface area contributed by atoms with Crippen molar-refractivity contribution in [1.82, 2.24) is 4.98 Å². The van der Waals surface area contributed by atoms with E-state index in [0.717, 1.165) is 35.1 Å². The summed E-state index contributed by atoms with van der Waals surface area (Å²) in [5.41, 5.74) is 3.50. The molecular weight excluding hydrogens is 440 g/mol. The molecule has 2 N–H and O–H groups in total. The Bertz CT molecular complexity index is 1200. The molecule has 180 valence electrons. The van der Waals surface area contributed by atoms with Gasteiger partial charge in [0.05, 0.1) is 16.7 Å². The van der Waals surface area contributed by atoms with Crippen LogP contribution in [0.25, 0.3) is 10.9 Å². The number of aromatic amines is 1. The molecule has 5 rings (SSSR count). The van der Waals surface area contributed by atoms with Crippen LogP contribution >= 0.6 is 0 Å². The molecule has 2 aromatic carbocycles. The fraction of sp³-hybridized carbons (Fsp3) is 0.444. The summed E-state index contributed by atoms with van der Waals surface area (Å²) in [4.78, 5) is 14.6. The molecule has 7 heteroatoms. The second-order valence-corrected chi connectivity index (χ2v) is 9.91. The minimum Gasteiger partial charge on any atom is -0.489 e. The normalized spacial score (nSPS) is 25.1. The average molecular weight is 470 g/mol.